The molecule has 0 radical (unpaired) electrons. The Bertz CT molecular complexity index is 358. The maximum atomic E-state index is 10.7. The summed E-state index contributed by atoms with van der Waals surface area (Å²) in [5.41, 5.74) is 2.15. The lowest BCUT2D eigenvalue weighted by Gasteiger charge is -2.28. The van der Waals surface area contributed by atoms with E-state index in [0.29, 0.717) is 0 Å². The predicted octanol–water partition coefficient (Wildman–Crippen LogP) is 2.40. The van der Waals surface area contributed by atoms with Crippen LogP contribution in [-0.2, 0) is 16.8 Å². The third kappa shape index (κ3) is 3.06. The molecule has 2 rings (SSSR count). The van der Waals surface area contributed by atoms with Crippen LogP contribution in [-0.4, -0.2) is 21.9 Å². The molecule has 1 saturated heterocycles. The molecular weight excluding hydrogens is 222 g/mol. The van der Waals surface area contributed by atoms with Gasteiger partial charge in [0.25, 0.3) is 0 Å². The van der Waals surface area contributed by atoms with Crippen LogP contribution < -0.4 is 4.90 Å². The van der Waals surface area contributed by atoms with Gasteiger partial charge in [-0.05, 0) is 37.0 Å². The zero-order valence-electron chi connectivity index (χ0n) is 9.26. The molecule has 0 bridgehead atoms. The summed E-state index contributed by atoms with van der Waals surface area (Å²) in [6.07, 6.45) is 3.86. The highest BCUT2D eigenvalue weighted by molar-refractivity contribution is 7.78. The summed E-state index contributed by atoms with van der Waals surface area (Å²) in [5.74, 6) is 0.222. The van der Waals surface area contributed by atoms with Gasteiger partial charge in [0, 0.05) is 18.8 Å². The Hall–Kier alpha value is -0.870. The molecule has 88 valence electrons. The highest BCUT2D eigenvalue weighted by Gasteiger charge is 2.10. The van der Waals surface area contributed by atoms with Gasteiger partial charge >= 0.3 is 0 Å². The van der Waals surface area contributed by atoms with Crippen LogP contribution in [0.5, 0.6) is 0 Å². The van der Waals surface area contributed by atoms with E-state index in [4.69, 9.17) is 4.55 Å². The molecular formula is C12H17NO2S. The molecule has 3 nitrogen and oxygen atoms in total. The van der Waals surface area contributed by atoms with E-state index in [-0.39, 0.29) is 5.75 Å². The highest BCUT2D eigenvalue weighted by atomic mass is 32.2. The van der Waals surface area contributed by atoms with Gasteiger partial charge in [0.15, 0.2) is 11.1 Å². The zero-order chi connectivity index (χ0) is 11.4. The fraction of sp³-hybridized carbons (Fsp3) is 0.500. The molecule has 1 atom stereocenters. The van der Waals surface area contributed by atoms with Gasteiger partial charge in [-0.15, -0.1) is 0 Å². The number of piperidine rings is 1. The van der Waals surface area contributed by atoms with Gasteiger partial charge in [-0.3, -0.25) is 0 Å². The molecule has 1 unspecified atom stereocenters. The molecule has 1 aromatic rings. The van der Waals surface area contributed by atoms with Crippen molar-refractivity contribution in [1.82, 2.24) is 0 Å². The number of nitrogens with zero attached hydrogens (tertiary/aromatic N) is 1. The van der Waals surface area contributed by atoms with Crippen LogP contribution >= 0.6 is 0 Å². The van der Waals surface area contributed by atoms with E-state index in [1.807, 2.05) is 24.3 Å². The first kappa shape index (κ1) is 11.6. The van der Waals surface area contributed by atoms with E-state index < -0.39 is 11.1 Å². The normalized spacial score (nSPS) is 18.4. The second kappa shape index (κ2) is 5.46. The van der Waals surface area contributed by atoms with Crippen molar-refractivity contribution in [2.75, 3.05) is 18.0 Å². The molecule has 1 aromatic carbocycles. The summed E-state index contributed by atoms with van der Waals surface area (Å²) in [4.78, 5) is 2.38. The smallest absolute Gasteiger partial charge is 0.157 e. The lowest BCUT2D eigenvalue weighted by molar-refractivity contribution is 0.563. The van der Waals surface area contributed by atoms with E-state index in [1.54, 1.807) is 0 Å². The third-order valence-electron chi connectivity index (χ3n) is 2.95. The van der Waals surface area contributed by atoms with Crippen molar-refractivity contribution in [3.63, 3.8) is 0 Å². The van der Waals surface area contributed by atoms with Crippen molar-refractivity contribution in [2.45, 2.75) is 25.0 Å². The maximum absolute atomic E-state index is 10.7. The Morgan fingerprint density at radius 3 is 2.31 bits per heavy atom. The number of hydrogen-bond donors (Lipinski definition) is 1. The summed E-state index contributed by atoms with van der Waals surface area (Å²) in [5, 5.41) is 0. The minimum atomic E-state index is -1.74. The third-order valence-corrected chi connectivity index (χ3v) is 3.53. The first-order valence-corrected chi connectivity index (χ1v) is 6.94. The van der Waals surface area contributed by atoms with Crippen molar-refractivity contribution in [3.8, 4) is 0 Å². The van der Waals surface area contributed by atoms with Gasteiger partial charge < -0.3 is 9.45 Å². The molecule has 0 saturated carbocycles. The lowest BCUT2D eigenvalue weighted by atomic mass is 10.1. The van der Waals surface area contributed by atoms with E-state index in [0.717, 1.165) is 18.7 Å². The van der Waals surface area contributed by atoms with Gasteiger partial charge in [0.05, 0.1) is 5.75 Å². The summed E-state index contributed by atoms with van der Waals surface area (Å²) < 4.78 is 19.4. The van der Waals surface area contributed by atoms with Crippen LogP contribution in [0.3, 0.4) is 0 Å². The van der Waals surface area contributed by atoms with E-state index in [9.17, 15) is 4.21 Å². The number of rotatable bonds is 3. The van der Waals surface area contributed by atoms with Crippen LogP contribution in [0.4, 0.5) is 5.69 Å². The average Bonchev–Trinajstić information content (AvgIpc) is 2.30. The van der Waals surface area contributed by atoms with Crippen LogP contribution in [0.25, 0.3) is 0 Å². The van der Waals surface area contributed by atoms with E-state index in [1.165, 1.54) is 24.9 Å². The molecule has 0 aliphatic carbocycles. The van der Waals surface area contributed by atoms with Crippen molar-refractivity contribution in [1.29, 1.82) is 0 Å². The van der Waals surface area contributed by atoms with Gasteiger partial charge in [0.2, 0.25) is 0 Å². The quantitative estimate of drug-likeness (QED) is 0.823. The molecule has 1 N–H and O–H groups in total. The van der Waals surface area contributed by atoms with Gasteiger partial charge in [-0.2, -0.15) is 0 Å². The minimum absolute atomic E-state index is 0.222. The Balaban J connectivity index is 2.03. The minimum Gasteiger partial charge on any atom is -0.372 e. The fourth-order valence-corrected chi connectivity index (χ4v) is 2.58. The fourth-order valence-electron chi connectivity index (χ4n) is 2.10. The van der Waals surface area contributed by atoms with E-state index >= 15 is 0 Å². The van der Waals surface area contributed by atoms with Crippen LogP contribution in [0.2, 0.25) is 0 Å². The largest absolute Gasteiger partial charge is 0.372 e. The molecule has 1 heterocycles. The lowest BCUT2D eigenvalue weighted by Crippen LogP contribution is -2.29. The Labute approximate surface area is 98.8 Å². The second-order valence-corrected chi connectivity index (χ2v) is 5.11. The summed E-state index contributed by atoms with van der Waals surface area (Å²) in [6, 6.07) is 7.98. The average molecular weight is 239 g/mol. The standard InChI is InChI=1S/C12H17NO2S/c14-16(15)10-11-4-6-12(7-5-11)13-8-2-1-3-9-13/h4-7H,1-3,8-10H2,(H,14,15). The summed E-state index contributed by atoms with van der Waals surface area (Å²) in [7, 11) is 0. The van der Waals surface area contributed by atoms with Crippen LogP contribution in [0, 0.1) is 0 Å². The maximum Gasteiger partial charge on any atom is 0.157 e. The van der Waals surface area contributed by atoms with Crippen LogP contribution in [0.15, 0.2) is 24.3 Å². The van der Waals surface area contributed by atoms with Gasteiger partial charge in [-0.1, -0.05) is 12.1 Å². The molecule has 0 aromatic heterocycles. The monoisotopic (exact) mass is 239 g/mol. The molecule has 1 fully saturated rings. The number of hydrogen-bond acceptors (Lipinski definition) is 2. The van der Waals surface area contributed by atoms with Crippen molar-refractivity contribution in [2.24, 2.45) is 0 Å². The summed E-state index contributed by atoms with van der Waals surface area (Å²) >= 11 is -1.74. The Morgan fingerprint density at radius 1 is 1.12 bits per heavy atom. The first-order chi connectivity index (χ1) is 7.75. The van der Waals surface area contributed by atoms with Crippen molar-refractivity contribution in [3.05, 3.63) is 29.8 Å². The van der Waals surface area contributed by atoms with Gasteiger partial charge in [0.1, 0.15) is 0 Å². The number of anilines is 1. The van der Waals surface area contributed by atoms with Crippen molar-refractivity contribution >= 4 is 16.8 Å². The molecule has 4 heteroatoms. The van der Waals surface area contributed by atoms with Crippen molar-refractivity contribution < 1.29 is 8.76 Å². The number of benzene rings is 1. The molecule has 1 aliphatic heterocycles. The Morgan fingerprint density at radius 2 is 1.75 bits per heavy atom. The molecule has 16 heavy (non-hydrogen) atoms. The van der Waals surface area contributed by atoms with E-state index in [2.05, 4.69) is 4.90 Å². The molecule has 0 spiro atoms. The first-order valence-electron chi connectivity index (χ1n) is 5.67. The second-order valence-electron chi connectivity index (χ2n) is 4.18. The Kier molecular flexibility index (Phi) is 3.96. The summed E-state index contributed by atoms with van der Waals surface area (Å²) in [6.45, 7) is 2.26. The topological polar surface area (TPSA) is 40.5 Å². The molecule has 1 aliphatic rings. The van der Waals surface area contributed by atoms with Crippen LogP contribution in [0.1, 0.15) is 24.8 Å². The zero-order valence-corrected chi connectivity index (χ0v) is 10.1. The molecule has 0 amide bonds. The SMILES string of the molecule is O=S(O)Cc1ccc(N2CCCCC2)cc1. The highest BCUT2D eigenvalue weighted by Crippen LogP contribution is 2.20. The van der Waals surface area contributed by atoms with Gasteiger partial charge in [-0.25, -0.2) is 4.21 Å². The predicted molar refractivity (Wildman–Crippen MR) is 67.0 cm³/mol.